The van der Waals surface area contributed by atoms with E-state index in [0.717, 1.165) is 11.3 Å². The molecule has 2 rings (SSSR count). The molecule has 0 aliphatic rings. The Morgan fingerprint density at radius 3 is 2.44 bits per heavy atom. The van der Waals surface area contributed by atoms with E-state index in [1.807, 2.05) is 31.2 Å². The summed E-state index contributed by atoms with van der Waals surface area (Å²) in [6.07, 6.45) is 0. The van der Waals surface area contributed by atoms with Crippen molar-refractivity contribution in [2.75, 3.05) is 26.9 Å². The number of hydrogen-bond donors (Lipinski definition) is 1. The van der Waals surface area contributed by atoms with Gasteiger partial charge in [0.2, 0.25) is 0 Å². The molecule has 0 atom stereocenters. The molecule has 0 bridgehead atoms. The maximum Gasteiger partial charge on any atom is 0.338 e. The first-order chi connectivity index (χ1) is 12.9. The fourth-order valence-electron chi connectivity index (χ4n) is 2.20. The van der Waals surface area contributed by atoms with Gasteiger partial charge in [0.1, 0.15) is 12.4 Å². The van der Waals surface area contributed by atoms with Crippen molar-refractivity contribution in [1.29, 1.82) is 0 Å². The van der Waals surface area contributed by atoms with E-state index in [-0.39, 0.29) is 27.9 Å². The zero-order valence-electron chi connectivity index (χ0n) is 14.9. The van der Waals surface area contributed by atoms with E-state index in [1.165, 1.54) is 19.2 Å². The number of carbonyl (C=O) groups excluding carboxylic acids is 2. The Labute approximate surface area is 167 Å². The van der Waals surface area contributed by atoms with Crippen LogP contribution in [-0.4, -0.2) is 38.7 Å². The van der Waals surface area contributed by atoms with Crippen molar-refractivity contribution in [1.82, 2.24) is 5.32 Å². The van der Waals surface area contributed by atoms with Gasteiger partial charge in [-0.25, -0.2) is 4.79 Å². The van der Waals surface area contributed by atoms with Crippen molar-refractivity contribution in [3.8, 4) is 11.5 Å². The third-order valence-electron chi connectivity index (χ3n) is 3.45. The second-order valence-electron chi connectivity index (χ2n) is 5.56. The molecule has 0 radical (unpaired) electrons. The molecule has 0 saturated heterocycles. The van der Waals surface area contributed by atoms with Gasteiger partial charge in [-0.05, 0) is 36.8 Å². The third kappa shape index (κ3) is 6.34. The number of rotatable bonds is 8. The molecule has 0 fully saturated rings. The molecule has 0 heterocycles. The summed E-state index contributed by atoms with van der Waals surface area (Å²) in [6.45, 7) is 2.12. The van der Waals surface area contributed by atoms with Crippen LogP contribution in [0.2, 0.25) is 10.0 Å². The van der Waals surface area contributed by atoms with E-state index < -0.39 is 18.5 Å². The molecule has 2 aromatic rings. The number of ether oxygens (including phenoxy) is 3. The first kappa shape index (κ1) is 20.9. The van der Waals surface area contributed by atoms with Gasteiger partial charge in [0, 0.05) is 0 Å². The highest BCUT2D eigenvalue weighted by Crippen LogP contribution is 2.33. The van der Waals surface area contributed by atoms with Crippen LogP contribution >= 0.6 is 23.2 Å². The zero-order chi connectivity index (χ0) is 19.8. The zero-order valence-corrected chi connectivity index (χ0v) is 16.4. The summed E-state index contributed by atoms with van der Waals surface area (Å²) >= 11 is 12.0. The number of nitrogens with one attached hydrogen (secondary N) is 1. The lowest BCUT2D eigenvalue weighted by atomic mass is 10.2. The van der Waals surface area contributed by atoms with Crippen LogP contribution in [0.15, 0.2) is 36.4 Å². The van der Waals surface area contributed by atoms with Crippen molar-refractivity contribution < 1.29 is 23.8 Å². The summed E-state index contributed by atoms with van der Waals surface area (Å²) < 4.78 is 15.5. The van der Waals surface area contributed by atoms with Crippen LogP contribution < -0.4 is 14.8 Å². The molecule has 0 saturated carbocycles. The summed E-state index contributed by atoms with van der Waals surface area (Å²) in [4.78, 5) is 23.8. The molecular weight excluding hydrogens is 393 g/mol. The second kappa shape index (κ2) is 10.0. The van der Waals surface area contributed by atoms with E-state index in [1.54, 1.807) is 0 Å². The second-order valence-corrected chi connectivity index (χ2v) is 6.38. The van der Waals surface area contributed by atoms with Crippen molar-refractivity contribution in [2.24, 2.45) is 0 Å². The molecule has 0 unspecified atom stereocenters. The highest BCUT2D eigenvalue weighted by molar-refractivity contribution is 6.37. The monoisotopic (exact) mass is 411 g/mol. The van der Waals surface area contributed by atoms with Gasteiger partial charge in [0.15, 0.2) is 12.4 Å². The highest BCUT2D eigenvalue weighted by atomic mass is 35.5. The number of carbonyl (C=O) groups is 2. The van der Waals surface area contributed by atoms with E-state index in [0.29, 0.717) is 6.61 Å². The molecule has 0 aliphatic heterocycles. The van der Waals surface area contributed by atoms with Gasteiger partial charge in [0.05, 0.1) is 29.3 Å². The minimum Gasteiger partial charge on any atom is -0.494 e. The van der Waals surface area contributed by atoms with Gasteiger partial charge in [-0.2, -0.15) is 0 Å². The Morgan fingerprint density at radius 1 is 1.11 bits per heavy atom. The summed E-state index contributed by atoms with van der Waals surface area (Å²) in [5.74, 6) is -0.167. The average Bonchev–Trinajstić information content (AvgIpc) is 2.63. The smallest absolute Gasteiger partial charge is 0.338 e. The van der Waals surface area contributed by atoms with Gasteiger partial charge in [-0.1, -0.05) is 35.3 Å². The van der Waals surface area contributed by atoms with Crippen LogP contribution in [0, 0.1) is 6.92 Å². The molecule has 27 heavy (non-hydrogen) atoms. The lowest BCUT2D eigenvalue weighted by molar-refractivity contribution is -0.124. The Balaban J connectivity index is 1.74. The summed E-state index contributed by atoms with van der Waals surface area (Å²) in [7, 11) is 1.41. The molecule has 144 valence electrons. The highest BCUT2D eigenvalue weighted by Gasteiger charge is 2.15. The predicted molar refractivity (Wildman–Crippen MR) is 103 cm³/mol. The van der Waals surface area contributed by atoms with Gasteiger partial charge < -0.3 is 19.5 Å². The molecule has 0 aliphatic carbocycles. The van der Waals surface area contributed by atoms with E-state index in [4.69, 9.17) is 37.4 Å². The fraction of sp³-hybridized carbons (Fsp3) is 0.263. The third-order valence-corrected chi connectivity index (χ3v) is 4.02. The molecule has 0 spiro atoms. The van der Waals surface area contributed by atoms with Crippen LogP contribution in [0.4, 0.5) is 0 Å². The van der Waals surface area contributed by atoms with Gasteiger partial charge in [-0.3, -0.25) is 4.79 Å². The molecule has 8 heteroatoms. The predicted octanol–water partition coefficient (Wildman–Crippen LogP) is 3.66. The minimum atomic E-state index is -0.715. The Kier molecular flexibility index (Phi) is 7.76. The standard InChI is InChI=1S/C19H19Cl2NO5/c1-12-4-3-5-14(8-12)26-7-6-22-17(23)11-27-19(24)13-9-15(20)18(25-2)16(21)10-13/h3-5,8-10H,6-7,11H2,1-2H3,(H,22,23). The van der Waals surface area contributed by atoms with Gasteiger partial charge in [0.25, 0.3) is 5.91 Å². The lowest BCUT2D eigenvalue weighted by Crippen LogP contribution is -2.32. The SMILES string of the molecule is COc1c(Cl)cc(C(=O)OCC(=O)NCCOc2cccc(C)c2)cc1Cl. The number of methoxy groups -OCH3 is 1. The quantitative estimate of drug-likeness (QED) is 0.529. The maximum absolute atomic E-state index is 12.0. The number of esters is 1. The molecule has 2 aromatic carbocycles. The largest absolute Gasteiger partial charge is 0.494 e. The molecular formula is C19H19Cl2NO5. The normalized spacial score (nSPS) is 10.2. The van der Waals surface area contributed by atoms with Gasteiger partial charge in [-0.15, -0.1) is 0 Å². The van der Waals surface area contributed by atoms with Crippen molar-refractivity contribution in [3.63, 3.8) is 0 Å². The Morgan fingerprint density at radius 2 is 1.81 bits per heavy atom. The average molecular weight is 412 g/mol. The maximum atomic E-state index is 12.0. The first-order valence-electron chi connectivity index (χ1n) is 8.07. The number of hydrogen-bond acceptors (Lipinski definition) is 5. The van der Waals surface area contributed by atoms with E-state index >= 15 is 0 Å². The molecule has 1 amide bonds. The fourth-order valence-corrected chi connectivity index (χ4v) is 2.84. The summed E-state index contributed by atoms with van der Waals surface area (Å²) in [6, 6.07) is 10.3. The molecule has 6 nitrogen and oxygen atoms in total. The summed E-state index contributed by atoms with van der Waals surface area (Å²) in [5, 5.41) is 2.95. The minimum absolute atomic E-state index is 0.126. The van der Waals surface area contributed by atoms with E-state index in [9.17, 15) is 9.59 Å². The lowest BCUT2D eigenvalue weighted by Gasteiger charge is -2.10. The molecule has 1 N–H and O–H groups in total. The number of aryl methyl sites for hydroxylation is 1. The number of amides is 1. The Bertz CT molecular complexity index is 802. The summed E-state index contributed by atoms with van der Waals surface area (Å²) in [5.41, 5.74) is 1.21. The van der Waals surface area contributed by atoms with E-state index in [2.05, 4.69) is 5.32 Å². The van der Waals surface area contributed by atoms with Crippen molar-refractivity contribution in [3.05, 3.63) is 57.6 Å². The Hall–Kier alpha value is -2.44. The van der Waals surface area contributed by atoms with Crippen molar-refractivity contribution in [2.45, 2.75) is 6.92 Å². The van der Waals surface area contributed by atoms with Crippen LogP contribution in [0.25, 0.3) is 0 Å². The number of benzene rings is 2. The van der Waals surface area contributed by atoms with Crippen LogP contribution in [-0.2, 0) is 9.53 Å². The molecule has 0 aromatic heterocycles. The van der Waals surface area contributed by atoms with Gasteiger partial charge >= 0.3 is 5.97 Å². The van der Waals surface area contributed by atoms with Crippen LogP contribution in [0.3, 0.4) is 0 Å². The van der Waals surface area contributed by atoms with Crippen LogP contribution in [0.1, 0.15) is 15.9 Å². The van der Waals surface area contributed by atoms with Crippen LogP contribution in [0.5, 0.6) is 11.5 Å². The van der Waals surface area contributed by atoms with Crippen molar-refractivity contribution >= 4 is 35.1 Å². The topological polar surface area (TPSA) is 73.9 Å². The number of halogens is 2. The first-order valence-corrected chi connectivity index (χ1v) is 8.82.